The standard InChI is InChI=1S/C18H20N2O4S/c1-3-24-14-7-5-4-6-13(14)19-18(22)20-10-8-15-12(9-11-25-15)16(20)17(21)23-2/h4-7,9,11,16H,3,8,10H2,1-2H3,(H,19,22). The van der Waals surface area contributed by atoms with Gasteiger partial charge in [-0.3, -0.25) is 0 Å². The molecule has 1 aromatic heterocycles. The number of hydrogen-bond donors (Lipinski definition) is 1. The van der Waals surface area contributed by atoms with Crippen molar-refractivity contribution in [3.8, 4) is 5.75 Å². The van der Waals surface area contributed by atoms with Crippen molar-refractivity contribution >= 4 is 29.0 Å². The van der Waals surface area contributed by atoms with E-state index in [9.17, 15) is 9.59 Å². The first kappa shape index (κ1) is 17.3. The molecule has 1 unspecified atom stereocenters. The number of para-hydroxylation sites is 2. The summed E-state index contributed by atoms with van der Waals surface area (Å²) < 4.78 is 10.5. The first-order valence-electron chi connectivity index (χ1n) is 8.09. The van der Waals surface area contributed by atoms with Crippen LogP contribution in [0.15, 0.2) is 35.7 Å². The fraction of sp³-hybridized carbons (Fsp3) is 0.333. The second-order valence-corrected chi connectivity index (χ2v) is 6.53. The number of carbonyl (C=O) groups is 2. The molecule has 1 N–H and O–H groups in total. The van der Waals surface area contributed by atoms with Crippen LogP contribution >= 0.6 is 11.3 Å². The molecular formula is C18H20N2O4S. The summed E-state index contributed by atoms with van der Waals surface area (Å²) >= 11 is 1.60. The van der Waals surface area contributed by atoms with Gasteiger partial charge in [0.2, 0.25) is 0 Å². The Morgan fingerprint density at radius 3 is 2.88 bits per heavy atom. The third-order valence-electron chi connectivity index (χ3n) is 4.08. The second kappa shape index (κ2) is 7.57. The van der Waals surface area contributed by atoms with Gasteiger partial charge in [0.1, 0.15) is 5.75 Å². The number of ether oxygens (including phenoxy) is 2. The number of methoxy groups -OCH3 is 1. The number of amides is 2. The van der Waals surface area contributed by atoms with Crippen LogP contribution in [0.25, 0.3) is 0 Å². The van der Waals surface area contributed by atoms with E-state index in [1.165, 1.54) is 12.0 Å². The largest absolute Gasteiger partial charge is 0.492 e. The Morgan fingerprint density at radius 2 is 2.12 bits per heavy atom. The lowest BCUT2D eigenvalue weighted by atomic mass is 10.0. The van der Waals surface area contributed by atoms with Gasteiger partial charge >= 0.3 is 12.0 Å². The van der Waals surface area contributed by atoms with E-state index in [0.717, 1.165) is 16.9 Å². The lowest BCUT2D eigenvalue weighted by molar-refractivity contribution is -0.146. The Morgan fingerprint density at radius 1 is 1.32 bits per heavy atom. The van der Waals surface area contributed by atoms with Gasteiger partial charge in [-0.05, 0) is 42.5 Å². The fourth-order valence-corrected chi connectivity index (χ4v) is 3.84. The molecule has 1 aromatic carbocycles. The third-order valence-corrected chi connectivity index (χ3v) is 5.08. The molecule has 132 valence electrons. The highest BCUT2D eigenvalue weighted by molar-refractivity contribution is 7.10. The topological polar surface area (TPSA) is 67.9 Å². The predicted octanol–water partition coefficient (Wildman–Crippen LogP) is 3.45. The molecule has 0 fully saturated rings. The normalized spacial score (nSPS) is 16.1. The van der Waals surface area contributed by atoms with Crippen LogP contribution in [0, 0.1) is 0 Å². The number of anilines is 1. The molecule has 3 rings (SSSR count). The SMILES string of the molecule is CCOc1ccccc1NC(=O)N1CCc2sccc2C1C(=O)OC. The minimum absolute atomic E-state index is 0.348. The molecule has 0 saturated carbocycles. The summed E-state index contributed by atoms with van der Waals surface area (Å²) in [7, 11) is 1.34. The van der Waals surface area contributed by atoms with Crippen molar-refractivity contribution in [2.75, 3.05) is 25.6 Å². The molecule has 0 bridgehead atoms. The van der Waals surface area contributed by atoms with Gasteiger partial charge in [0, 0.05) is 11.4 Å². The molecule has 2 heterocycles. The average Bonchev–Trinajstić information content (AvgIpc) is 3.10. The summed E-state index contributed by atoms with van der Waals surface area (Å²) in [6.07, 6.45) is 0.723. The first-order valence-corrected chi connectivity index (χ1v) is 8.97. The number of thiophene rings is 1. The zero-order valence-corrected chi connectivity index (χ0v) is 15.0. The predicted molar refractivity (Wildman–Crippen MR) is 96.1 cm³/mol. The Hall–Kier alpha value is -2.54. The molecule has 1 aliphatic rings. The number of esters is 1. The van der Waals surface area contributed by atoms with E-state index >= 15 is 0 Å². The summed E-state index contributed by atoms with van der Waals surface area (Å²) in [5.41, 5.74) is 1.42. The van der Waals surface area contributed by atoms with Crippen molar-refractivity contribution in [3.05, 3.63) is 46.2 Å². The van der Waals surface area contributed by atoms with Gasteiger partial charge in [-0.2, -0.15) is 0 Å². The van der Waals surface area contributed by atoms with Crippen LogP contribution in [0.4, 0.5) is 10.5 Å². The Balaban J connectivity index is 1.85. The highest BCUT2D eigenvalue weighted by Gasteiger charge is 2.37. The Labute approximate surface area is 150 Å². The van der Waals surface area contributed by atoms with Gasteiger partial charge in [-0.1, -0.05) is 12.1 Å². The minimum atomic E-state index is -0.723. The van der Waals surface area contributed by atoms with Crippen molar-refractivity contribution in [1.29, 1.82) is 0 Å². The van der Waals surface area contributed by atoms with E-state index < -0.39 is 12.0 Å². The summed E-state index contributed by atoms with van der Waals surface area (Å²) in [5.74, 6) is 0.161. The number of hydrogen-bond acceptors (Lipinski definition) is 5. The number of fused-ring (bicyclic) bond motifs is 1. The number of carbonyl (C=O) groups excluding carboxylic acids is 2. The first-order chi connectivity index (χ1) is 12.2. The number of nitrogens with zero attached hydrogens (tertiary/aromatic N) is 1. The summed E-state index contributed by atoms with van der Waals surface area (Å²) in [6.45, 7) is 2.84. The van der Waals surface area contributed by atoms with Crippen molar-refractivity contribution in [1.82, 2.24) is 4.90 Å². The van der Waals surface area contributed by atoms with Crippen LogP contribution in [0.5, 0.6) is 5.75 Å². The van der Waals surface area contributed by atoms with Gasteiger partial charge in [-0.25, -0.2) is 9.59 Å². The quantitative estimate of drug-likeness (QED) is 0.848. The lowest BCUT2D eigenvalue weighted by Crippen LogP contribution is -2.45. The maximum atomic E-state index is 12.8. The Bertz CT molecular complexity index is 774. The smallest absolute Gasteiger partial charge is 0.333 e. The number of rotatable bonds is 4. The highest BCUT2D eigenvalue weighted by Crippen LogP contribution is 2.35. The Kier molecular flexibility index (Phi) is 5.23. The highest BCUT2D eigenvalue weighted by atomic mass is 32.1. The molecule has 1 atom stereocenters. The molecule has 2 amide bonds. The average molecular weight is 360 g/mol. The summed E-state index contributed by atoms with van der Waals surface area (Å²) in [4.78, 5) is 27.8. The fourth-order valence-electron chi connectivity index (χ4n) is 2.94. The minimum Gasteiger partial charge on any atom is -0.492 e. The number of benzene rings is 1. The van der Waals surface area contributed by atoms with Crippen molar-refractivity contribution in [2.45, 2.75) is 19.4 Å². The molecule has 0 aliphatic carbocycles. The van der Waals surface area contributed by atoms with E-state index in [1.54, 1.807) is 23.5 Å². The van der Waals surface area contributed by atoms with Crippen LogP contribution < -0.4 is 10.1 Å². The van der Waals surface area contributed by atoms with Crippen molar-refractivity contribution < 1.29 is 19.1 Å². The number of nitrogens with one attached hydrogen (secondary N) is 1. The van der Waals surface area contributed by atoms with Crippen LogP contribution in [-0.2, 0) is 16.0 Å². The monoisotopic (exact) mass is 360 g/mol. The van der Waals surface area contributed by atoms with Crippen molar-refractivity contribution in [3.63, 3.8) is 0 Å². The molecule has 0 radical (unpaired) electrons. The van der Waals surface area contributed by atoms with E-state index in [0.29, 0.717) is 24.6 Å². The second-order valence-electron chi connectivity index (χ2n) is 5.53. The summed E-state index contributed by atoms with van der Waals surface area (Å²) in [5, 5.41) is 4.79. The molecule has 0 saturated heterocycles. The zero-order chi connectivity index (χ0) is 17.8. The zero-order valence-electron chi connectivity index (χ0n) is 14.2. The maximum Gasteiger partial charge on any atom is 0.333 e. The molecule has 25 heavy (non-hydrogen) atoms. The van der Waals surface area contributed by atoms with E-state index in [4.69, 9.17) is 9.47 Å². The molecule has 2 aromatic rings. The van der Waals surface area contributed by atoms with Crippen LogP contribution in [-0.4, -0.2) is 37.2 Å². The van der Waals surface area contributed by atoms with E-state index in [-0.39, 0.29) is 6.03 Å². The van der Waals surface area contributed by atoms with E-state index in [2.05, 4.69) is 5.32 Å². The van der Waals surface area contributed by atoms with Gasteiger partial charge in [0.05, 0.1) is 19.4 Å². The van der Waals surface area contributed by atoms with Crippen molar-refractivity contribution in [2.24, 2.45) is 0 Å². The maximum absolute atomic E-state index is 12.8. The molecular weight excluding hydrogens is 340 g/mol. The van der Waals surface area contributed by atoms with Gasteiger partial charge < -0.3 is 19.7 Å². The third kappa shape index (κ3) is 3.46. The van der Waals surface area contributed by atoms with Crippen LogP contribution in [0.1, 0.15) is 23.4 Å². The number of urea groups is 1. The van der Waals surface area contributed by atoms with Gasteiger partial charge in [-0.15, -0.1) is 11.3 Å². The van der Waals surface area contributed by atoms with E-state index in [1.807, 2.05) is 30.5 Å². The lowest BCUT2D eigenvalue weighted by Gasteiger charge is -2.34. The van der Waals surface area contributed by atoms with Gasteiger partial charge in [0.25, 0.3) is 0 Å². The summed E-state index contributed by atoms with van der Waals surface area (Å²) in [6, 6.07) is 8.05. The van der Waals surface area contributed by atoms with Crippen LogP contribution in [0.2, 0.25) is 0 Å². The molecule has 6 nitrogen and oxygen atoms in total. The molecule has 7 heteroatoms. The molecule has 0 spiro atoms. The molecule has 1 aliphatic heterocycles. The van der Waals surface area contributed by atoms with Crippen LogP contribution in [0.3, 0.4) is 0 Å². The van der Waals surface area contributed by atoms with Gasteiger partial charge in [0.15, 0.2) is 6.04 Å².